The normalized spacial score (nSPS) is 18.8. The van der Waals surface area contributed by atoms with Crippen molar-refractivity contribution < 1.29 is 19.1 Å². The Kier molecular flexibility index (Phi) is 5.83. The summed E-state index contributed by atoms with van der Waals surface area (Å²) in [6.45, 7) is 6.54. The zero-order chi connectivity index (χ0) is 22.0. The number of morpholine rings is 1. The van der Waals surface area contributed by atoms with E-state index < -0.39 is 0 Å². The lowest BCUT2D eigenvalue weighted by Gasteiger charge is -2.35. The van der Waals surface area contributed by atoms with Gasteiger partial charge in [0.15, 0.2) is 5.78 Å². The van der Waals surface area contributed by atoms with Crippen molar-refractivity contribution in [3.05, 3.63) is 70.8 Å². The molecule has 2 aromatic rings. The fourth-order valence-corrected chi connectivity index (χ4v) is 4.09. The van der Waals surface area contributed by atoms with E-state index in [2.05, 4.69) is 25.2 Å². The van der Waals surface area contributed by atoms with Crippen LogP contribution in [0.5, 0.6) is 5.75 Å². The molecule has 1 N–H and O–H groups in total. The van der Waals surface area contributed by atoms with Gasteiger partial charge in [0, 0.05) is 47.1 Å². The maximum atomic E-state index is 13.0. The molecule has 6 nitrogen and oxygen atoms in total. The Morgan fingerprint density at radius 3 is 2.42 bits per heavy atom. The molecule has 0 radical (unpaired) electrons. The highest BCUT2D eigenvalue weighted by Gasteiger charge is 2.28. The number of nitrogens with one attached hydrogen (secondary N) is 1. The van der Waals surface area contributed by atoms with E-state index >= 15 is 0 Å². The lowest BCUT2D eigenvalue weighted by Crippen LogP contribution is -2.43. The summed E-state index contributed by atoms with van der Waals surface area (Å²) in [4.78, 5) is 27.4. The molecule has 4 rings (SSSR count). The van der Waals surface area contributed by atoms with E-state index in [9.17, 15) is 9.59 Å². The van der Waals surface area contributed by atoms with E-state index in [1.165, 1.54) is 5.56 Å². The molecule has 2 heterocycles. The highest BCUT2D eigenvalue weighted by molar-refractivity contribution is 6.09. The van der Waals surface area contributed by atoms with Gasteiger partial charge in [-0.25, -0.2) is 0 Å². The number of allylic oxidation sites excluding steroid dienone is 1. The third-order valence-electron chi connectivity index (χ3n) is 5.70. The van der Waals surface area contributed by atoms with Gasteiger partial charge in [0.25, 0.3) is 5.91 Å². The summed E-state index contributed by atoms with van der Waals surface area (Å²) in [7, 11) is 1.64. The van der Waals surface area contributed by atoms with Crippen molar-refractivity contribution in [2.75, 3.05) is 33.4 Å². The number of nitrogens with zero attached hydrogens (tertiary/aromatic N) is 1. The van der Waals surface area contributed by atoms with Gasteiger partial charge in [-0.3, -0.25) is 9.59 Å². The summed E-state index contributed by atoms with van der Waals surface area (Å²) in [6, 6.07) is 12.8. The molecule has 1 saturated heterocycles. The van der Waals surface area contributed by atoms with Gasteiger partial charge in [0.2, 0.25) is 0 Å². The van der Waals surface area contributed by atoms with Crippen LogP contribution in [-0.4, -0.2) is 55.5 Å². The Balaban J connectivity index is 1.58. The first kappa shape index (κ1) is 21.1. The fourth-order valence-electron chi connectivity index (χ4n) is 4.09. The molecule has 0 spiro atoms. The third kappa shape index (κ3) is 4.64. The maximum Gasteiger partial charge on any atom is 0.254 e. The van der Waals surface area contributed by atoms with E-state index in [4.69, 9.17) is 9.47 Å². The number of methoxy groups -OCH3 is 1. The molecule has 162 valence electrons. The molecule has 2 aliphatic rings. The number of rotatable bonds is 4. The highest BCUT2D eigenvalue weighted by Crippen LogP contribution is 2.32. The highest BCUT2D eigenvalue weighted by atomic mass is 16.5. The molecule has 0 bridgehead atoms. The molecule has 0 unspecified atom stereocenters. The predicted molar refractivity (Wildman–Crippen MR) is 119 cm³/mol. The second kappa shape index (κ2) is 8.55. The minimum absolute atomic E-state index is 0.0302. The minimum atomic E-state index is -0.165. The fraction of sp³-hybridized carbons (Fsp3) is 0.360. The van der Waals surface area contributed by atoms with Crippen molar-refractivity contribution in [3.8, 4) is 5.75 Å². The van der Waals surface area contributed by atoms with Gasteiger partial charge in [-0.05, 0) is 50.1 Å². The number of hydrogen-bond acceptors (Lipinski definition) is 5. The van der Waals surface area contributed by atoms with Crippen LogP contribution in [0.25, 0.3) is 5.70 Å². The number of benzene rings is 2. The molecule has 0 aliphatic carbocycles. The molecule has 31 heavy (non-hydrogen) atoms. The topological polar surface area (TPSA) is 67.9 Å². The molecule has 2 aliphatic heterocycles. The van der Waals surface area contributed by atoms with Crippen LogP contribution in [0.3, 0.4) is 0 Å². The van der Waals surface area contributed by atoms with Crippen molar-refractivity contribution in [2.24, 2.45) is 0 Å². The van der Waals surface area contributed by atoms with Crippen molar-refractivity contribution in [3.63, 3.8) is 0 Å². The summed E-state index contributed by atoms with van der Waals surface area (Å²) in [5.74, 6) is 0.612. The van der Waals surface area contributed by atoms with Gasteiger partial charge in [0.1, 0.15) is 5.75 Å². The van der Waals surface area contributed by atoms with Crippen LogP contribution in [0.1, 0.15) is 45.7 Å². The number of hydrogen-bond donors (Lipinski definition) is 1. The molecule has 1 amide bonds. The van der Waals surface area contributed by atoms with Gasteiger partial charge >= 0.3 is 0 Å². The zero-order valence-corrected chi connectivity index (χ0v) is 18.2. The maximum absolute atomic E-state index is 13.0. The van der Waals surface area contributed by atoms with Gasteiger partial charge in [-0.1, -0.05) is 18.2 Å². The summed E-state index contributed by atoms with van der Waals surface area (Å²) < 4.78 is 10.7. The summed E-state index contributed by atoms with van der Waals surface area (Å²) in [5, 5.41) is 3.49. The average molecular weight is 421 g/mol. The summed E-state index contributed by atoms with van der Waals surface area (Å²) >= 11 is 0. The Morgan fingerprint density at radius 2 is 1.74 bits per heavy atom. The molecule has 0 saturated carbocycles. The van der Waals surface area contributed by atoms with Crippen LogP contribution < -0.4 is 10.1 Å². The number of carbonyl (C=O) groups excluding carboxylic acids is 2. The lowest BCUT2D eigenvalue weighted by molar-refractivity contribution is 0.0303. The second-order valence-corrected chi connectivity index (χ2v) is 8.61. The van der Waals surface area contributed by atoms with Crippen LogP contribution in [0.15, 0.2) is 48.5 Å². The van der Waals surface area contributed by atoms with Gasteiger partial charge < -0.3 is 19.7 Å². The number of carbonyl (C=O) groups is 2. The van der Waals surface area contributed by atoms with Crippen molar-refractivity contribution in [1.82, 2.24) is 10.2 Å². The van der Waals surface area contributed by atoms with Gasteiger partial charge in [-0.15, -0.1) is 0 Å². The number of ketones is 1. The van der Waals surface area contributed by atoms with Crippen LogP contribution in [0.2, 0.25) is 0 Å². The SMILES string of the molecule is COc1ccc2c(c1)C(=CC(=O)c1ccc(C(=O)N3CCOCC3)cc1)NC(C)(C)C2. The van der Waals surface area contributed by atoms with E-state index in [1.807, 2.05) is 12.1 Å². The monoisotopic (exact) mass is 420 g/mol. The summed E-state index contributed by atoms with van der Waals surface area (Å²) in [6.07, 6.45) is 2.49. The van der Waals surface area contributed by atoms with Crippen LogP contribution in [-0.2, 0) is 11.2 Å². The first-order valence-corrected chi connectivity index (χ1v) is 10.5. The quantitative estimate of drug-likeness (QED) is 0.607. The Hall–Kier alpha value is -3.12. The largest absolute Gasteiger partial charge is 0.497 e. The Labute approximate surface area is 182 Å². The number of ether oxygens (including phenoxy) is 2. The molecule has 0 aromatic heterocycles. The smallest absolute Gasteiger partial charge is 0.254 e. The van der Waals surface area contributed by atoms with Gasteiger partial charge in [-0.2, -0.15) is 0 Å². The summed E-state index contributed by atoms with van der Waals surface area (Å²) in [5.41, 5.74) is 3.89. The molecule has 1 fully saturated rings. The Bertz CT molecular complexity index is 1020. The van der Waals surface area contributed by atoms with Crippen molar-refractivity contribution >= 4 is 17.4 Å². The second-order valence-electron chi connectivity index (χ2n) is 8.61. The zero-order valence-electron chi connectivity index (χ0n) is 18.2. The van der Waals surface area contributed by atoms with Crippen molar-refractivity contribution in [1.29, 1.82) is 0 Å². The van der Waals surface area contributed by atoms with Crippen LogP contribution in [0, 0.1) is 0 Å². The Morgan fingerprint density at radius 1 is 1.06 bits per heavy atom. The molecule has 0 atom stereocenters. The lowest BCUT2D eigenvalue weighted by atomic mass is 9.85. The van der Waals surface area contributed by atoms with E-state index in [0.717, 1.165) is 23.4 Å². The predicted octanol–water partition coefficient (Wildman–Crippen LogP) is 3.32. The van der Waals surface area contributed by atoms with Gasteiger partial charge in [0.05, 0.1) is 20.3 Å². The van der Waals surface area contributed by atoms with Crippen LogP contribution in [0.4, 0.5) is 0 Å². The van der Waals surface area contributed by atoms with E-state index in [0.29, 0.717) is 37.4 Å². The van der Waals surface area contributed by atoms with E-state index in [1.54, 1.807) is 42.4 Å². The number of amides is 1. The molecular formula is C25H28N2O4. The molecule has 2 aromatic carbocycles. The first-order valence-electron chi connectivity index (χ1n) is 10.5. The number of fused-ring (bicyclic) bond motifs is 1. The third-order valence-corrected chi connectivity index (χ3v) is 5.70. The van der Waals surface area contributed by atoms with E-state index in [-0.39, 0.29) is 17.2 Å². The standard InChI is InChI=1S/C25H28N2O4/c1-25(2)16-19-8-9-20(30-3)14-21(19)22(26-25)15-23(28)17-4-6-18(7-5-17)24(29)27-10-12-31-13-11-27/h4-9,14-15,26H,10-13,16H2,1-3H3. The van der Waals surface area contributed by atoms with Crippen molar-refractivity contribution in [2.45, 2.75) is 25.8 Å². The average Bonchev–Trinajstić information content (AvgIpc) is 2.78. The molecule has 6 heteroatoms. The first-order chi connectivity index (χ1) is 14.9. The van der Waals surface area contributed by atoms with Crippen LogP contribution >= 0.6 is 0 Å². The molecular weight excluding hydrogens is 392 g/mol. The minimum Gasteiger partial charge on any atom is -0.497 e.